The summed E-state index contributed by atoms with van der Waals surface area (Å²) in [5, 5.41) is 1.56. The van der Waals surface area contributed by atoms with Crippen LogP contribution < -0.4 is 4.90 Å². The molecule has 0 amide bonds. The highest BCUT2D eigenvalue weighted by Gasteiger charge is 2.24. The molecule has 0 N–H and O–H groups in total. The number of furan rings is 1. The van der Waals surface area contributed by atoms with E-state index in [0.29, 0.717) is 16.3 Å². The van der Waals surface area contributed by atoms with Gasteiger partial charge in [0.25, 0.3) is 0 Å². The van der Waals surface area contributed by atoms with Crippen molar-refractivity contribution >= 4 is 39.6 Å². The molecule has 0 atom stereocenters. The van der Waals surface area contributed by atoms with Crippen molar-refractivity contribution in [1.29, 1.82) is 0 Å². The van der Waals surface area contributed by atoms with Crippen molar-refractivity contribution in [2.75, 3.05) is 18.0 Å². The molecule has 0 spiro atoms. The van der Waals surface area contributed by atoms with E-state index in [0.717, 1.165) is 41.1 Å². The third-order valence-electron chi connectivity index (χ3n) is 3.88. The van der Waals surface area contributed by atoms with Gasteiger partial charge in [-0.15, -0.1) is 0 Å². The average molecular weight is 289 g/mol. The van der Waals surface area contributed by atoms with Gasteiger partial charge in [-0.2, -0.15) is 0 Å². The van der Waals surface area contributed by atoms with Crippen molar-refractivity contribution in [2.24, 2.45) is 0 Å². The molecule has 5 nitrogen and oxygen atoms in total. The minimum absolute atomic E-state index is 0.585. The van der Waals surface area contributed by atoms with Crippen molar-refractivity contribution in [3.8, 4) is 0 Å². The van der Waals surface area contributed by atoms with Gasteiger partial charge in [0, 0.05) is 13.1 Å². The summed E-state index contributed by atoms with van der Waals surface area (Å²) in [6, 6.07) is 0. The first-order valence-corrected chi connectivity index (χ1v) is 6.99. The van der Waals surface area contributed by atoms with Crippen LogP contribution in [-0.4, -0.2) is 28.0 Å². The van der Waals surface area contributed by atoms with Gasteiger partial charge in [0.05, 0.1) is 16.1 Å². The Labute approximate surface area is 120 Å². The van der Waals surface area contributed by atoms with Crippen molar-refractivity contribution < 1.29 is 4.42 Å². The van der Waals surface area contributed by atoms with Crippen LogP contribution in [0.4, 0.5) is 5.82 Å². The molecule has 1 fully saturated rings. The van der Waals surface area contributed by atoms with Crippen LogP contribution in [-0.2, 0) is 0 Å². The van der Waals surface area contributed by atoms with Gasteiger partial charge in [0.2, 0.25) is 5.71 Å². The van der Waals surface area contributed by atoms with Crippen LogP contribution in [0.25, 0.3) is 22.2 Å². The Kier molecular flexibility index (Phi) is 2.41. The lowest BCUT2D eigenvalue weighted by atomic mass is 10.1. The van der Waals surface area contributed by atoms with Gasteiger partial charge in [-0.05, 0) is 25.8 Å². The van der Waals surface area contributed by atoms with Gasteiger partial charge in [0.15, 0.2) is 11.4 Å². The summed E-state index contributed by atoms with van der Waals surface area (Å²) in [4.78, 5) is 15.4. The van der Waals surface area contributed by atoms with Crippen LogP contribution in [0.1, 0.15) is 17.7 Å². The zero-order valence-corrected chi connectivity index (χ0v) is 12.0. The van der Waals surface area contributed by atoms with Crippen molar-refractivity contribution in [2.45, 2.75) is 20.3 Å². The molecule has 4 rings (SSSR count). The van der Waals surface area contributed by atoms with Gasteiger partial charge >= 0.3 is 0 Å². The summed E-state index contributed by atoms with van der Waals surface area (Å²) < 4.78 is 5.92. The zero-order chi connectivity index (χ0) is 13.9. The number of pyridine rings is 1. The predicted octanol–water partition coefficient (Wildman–Crippen LogP) is 3.25. The quantitative estimate of drug-likeness (QED) is 0.688. The van der Waals surface area contributed by atoms with Crippen LogP contribution in [0.3, 0.4) is 0 Å². The lowest BCUT2D eigenvalue weighted by Gasteiger charge is -2.31. The Morgan fingerprint density at radius 1 is 1.25 bits per heavy atom. The number of anilines is 1. The molecule has 0 radical (unpaired) electrons. The smallest absolute Gasteiger partial charge is 0.229 e. The number of rotatable bonds is 1. The molecule has 0 bridgehead atoms. The molecule has 102 valence electrons. The van der Waals surface area contributed by atoms with Gasteiger partial charge in [-0.25, -0.2) is 15.0 Å². The van der Waals surface area contributed by atoms with E-state index in [-0.39, 0.29) is 0 Å². The summed E-state index contributed by atoms with van der Waals surface area (Å²) in [5.41, 5.74) is 3.82. The molecule has 3 aromatic heterocycles. The second kappa shape index (κ2) is 4.06. The molecule has 0 saturated carbocycles. The number of halogens is 1. The lowest BCUT2D eigenvalue weighted by molar-refractivity contribution is 0.594. The minimum Gasteiger partial charge on any atom is -0.432 e. The highest BCUT2D eigenvalue weighted by Crippen LogP contribution is 2.37. The first-order chi connectivity index (χ1) is 9.66. The third kappa shape index (κ3) is 1.47. The molecule has 3 aromatic rings. The maximum atomic E-state index is 6.30. The van der Waals surface area contributed by atoms with E-state index >= 15 is 0 Å². The number of nitrogens with zero attached hydrogens (tertiary/aromatic N) is 4. The van der Waals surface area contributed by atoms with E-state index in [2.05, 4.69) is 19.9 Å². The summed E-state index contributed by atoms with van der Waals surface area (Å²) in [6.07, 6.45) is 2.77. The molecular weight excluding hydrogens is 276 g/mol. The Morgan fingerprint density at radius 2 is 2.05 bits per heavy atom. The molecule has 20 heavy (non-hydrogen) atoms. The fraction of sp³-hybridized carbons (Fsp3) is 0.357. The highest BCUT2D eigenvalue weighted by molar-refractivity contribution is 6.33. The molecule has 6 heteroatoms. The second-order valence-corrected chi connectivity index (χ2v) is 5.51. The number of hydrogen-bond acceptors (Lipinski definition) is 5. The van der Waals surface area contributed by atoms with Crippen molar-refractivity contribution in [3.63, 3.8) is 0 Å². The van der Waals surface area contributed by atoms with E-state index < -0.39 is 0 Å². The zero-order valence-electron chi connectivity index (χ0n) is 11.3. The molecule has 0 unspecified atom stereocenters. The van der Waals surface area contributed by atoms with Crippen molar-refractivity contribution in [3.05, 3.63) is 22.6 Å². The average Bonchev–Trinajstić information content (AvgIpc) is 2.73. The minimum atomic E-state index is 0.585. The Hall–Kier alpha value is -1.88. The number of hydrogen-bond donors (Lipinski definition) is 0. The molecule has 1 saturated heterocycles. The predicted molar refractivity (Wildman–Crippen MR) is 78.4 cm³/mol. The first kappa shape index (κ1) is 11.9. The number of aromatic nitrogens is 3. The SMILES string of the molecule is Cc1nc2oc3c(N4CCC4)ncnc3c2c(C)c1Cl. The molecule has 0 aromatic carbocycles. The van der Waals surface area contributed by atoms with E-state index in [1.807, 2.05) is 13.8 Å². The van der Waals surface area contributed by atoms with Crippen LogP contribution in [0.2, 0.25) is 5.02 Å². The summed E-state index contributed by atoms with van der Waals surface area (Å²) in [7, 11) is 0. The summed E-state index contributed by atoms with van der Waals surface area (Å²) >= 11 is 6.30. The Balaban J connectivity index is 2.12. The highest BCUT2D eigenvalue weighted by atomic mass is 35.5. The van der Waals surface area contributed by atoms with Crippen LogP contribution in [0, 0.1) is 13.8 Å². The number of aryl methyl sites for hydroxylation is 2. The molecule has 1 aliphatic rings. The number of fused-ring (bicyclic) bond motifs is 3. The van der Waals surface area contributed by atoms with E-state index in [1.165, 1.54) is 6.42 Å². The monoisotopic (exact) mass is 288 g/mol. The van der Waals surface area contributed by atoms with Crippen LogP contribution >= 0.6 is 11.6 Å². The topological polar surface area (TPSA) is 55.1 Å². The Bertz CT molecular complexity index is 838. The Morgan fingerprint density at radius 3 is 2.75 bits per heavy atom. The van der Waals surface area contributed by atoms with E-state index in [9.17, 15) is 0 Å². The van der Waals surface area contributed by atoms with E-state index in [4.69, 9.17) is 16.0 Å². The second-order valence-electron chi connectivity index (χ2n) is 5.13. The molecule has 1 aliphatic heterocycles. The summed E-state index contributed by atoms with van der Waals surface area (Å²) in [5.74, 6) is 0.854. The maximum Gasteiger partial charge on any atom is 0.229 e. The molecular formula is C14H13ClN4O. The summed E-state index contributed by atoms with van der Waals surface area (Å²) in [6.45, 7) is 5.87. The normalized spacial score (nSPS) is 15.1. The lowest BCUT2D eigenvalue weighted by Crippen LogP contribution is -2.37. The van der Waals surface area contributed by atoms with E-state index in [1.54, 1.807) is 6.33 Å². The van der Waals surface area contributed by atoms with Crippen molar-refractivity contribution in [1.82, 2.24) is 15.0 Å². The van der Waals surface area contributed by atoms with Gasteiger partial charge in [0.1, 0.15) is 11.8 Å². The molecule has 4 heterocycles. The van der Waals surface area contributed by atoms with Crippen LogP contribution in [0.5, 0.6) is 0 Å². The van der Waals surface area contributed by atoms with Gasteiger partial charge in [-0.3, -0.25) is 0 Å². The fourth-order valence-electron chi connectivity index (χ4n) is 2.64. The van der Waals surface area contributed by atoms with Crippen LogP contribution in [0.15, 0.2) is 10.7 Å². The standard InChI is InChI=1S/C14H13ClN4O/c1-7-9-11-12(20-14(9)18-8(2)10(7)15)13(17-6-16-11)19-4-3-5-19/h6H,3-5H2,1-2H3. The van der Waals surface area contributed by atoms with Gasteiger partial charge in [-0.1, -0.05) is 11.6 Å². The first-order valence-electron chi connectivity index (χ1n) is 6.61. The van der Waals surface area contributed by atoms with Gasteiger partial charge < -0.3 is 9.32 Å². The fourth-order valence-corrected chi connectivity index (χ4v) is 2.77. The third-order valence-corrected chi connectivity index (χ3v) is 4.44. The largest absolute Gasteiger partial charge is 0.432 e. The maximum absolute atomic E-state index is 6.30. The molecule has 0 aliphatic carbocycles.